The maximum absolute atomic E-state index is 13.6. The maximum atomic E-state index is 13.6. The lowest BCUT2D eigenvalue weighted by Crippen LogP contribution is -2.45. The van der Waals surface area contributed by atoms with Gasteiger partial charge >= 0.3 is 0 Å². The lowest BCUT2D eigenvalue weighted by atomic mass is 10.0. The summed E-state index contributed by atoms with van der Waals surface area (Å²) in [6.45, 7) is 2.21. The molecule has 18 heavy (non-hydrogen) atoms. The average Bonchev–Trinajstić information content (AvgIpc) is 2.34. The van der Waals surface area contributed by atoms with Crippen molar-refractivity contribution in [3.8, 4) is 0 Å². The fourth-order valence-corrected chi connectivity index (χ4v) is 2.14. The van der Waals surface area contributed by atoms with Gasteiger partial charge in [0.2, 0.25) is 0 Å². The molecule has 0 spiro atoms. The van der Waals surface area contributed by atoms with E-state index in [0.29, 0.717) is 13.1 Å². The number of halogens is 4. The highest BCUT2D eigenvalue weighted by molar-refractivity contribution is 5.85. The van der Waals surface area contributed by atoms with Crippen LogP contribution in [0.2, 0.25) is 0 Å². The predicted molar refractivity (Wildman–Crippen MR) is 66.8 cm³/mol. The van der Waals surface area contributed by atoms with Gasteiger partial charge in [-0.25, -0.2) is 13.2 Å². The zero-order chi connectivity index (χ0) is 12.3. The van der Waals surface area contributed by atoms with Gasteiger partial charge in [0, 0.05) is 37.8 Å². The zero-order valence-electron chi connectivity index (χ0n) is 9.83. The van der Waals surface area contributed by atoms with Gasteiger partial charge in [-0.2, -0.15) is 0 Å². The van der Waals surface area contributed by atoms with Gasteiger partial charge < -0.3 is 5.32 Å². The Balaban J connectivity index is 0.00000162. The molecule has 1 aromatic rings. The number of piperazine rings is 1. The molecule has 1 saturated heterocycles. The first-order valence-electron chi connectivity index (χ1n) is 5.68. The summed E-state index contributed by atoms with van der Waals surface area (Å²) in [5.41, 5.74) is 0.232. The van der Waals surface area contributed by atoms with E-state index in [1.807, 2.05) is 4.90 Å². The molecule has 2 nitrogen and oxygen atoms in total. The Morgan fingerprint density at radius 1 is 1.22 bits per heavy atom. The van der Waals surface area contributed by atoms with Crippen molar-refractivity contribution in [1.29, 1.82) is 0 Å². The number of benzene rings is 1. The van der Waals surface area contributed by atoms with E-state index in [4.69, 9.17) is 0 Å². The molecule has 0 amide bonds. The molecule has 1 aliphatic rings. The summed E-state index contributed by atoms with van der Waals surface area (Å²) in [4.78, 5) is 1.88. The third kappa shape index (κ3) is 3.37. The monoisotopic (exact) mass is 280 g/mol. The van der Waals surface area contributed by atoms with Gasteiger partial charge in [0.15, 0.2) is 0 Å². The number of hydrogen-bond acceptors (Lipinski definition) is 2. The molecular weight excluding hydrogens is 265 g/mol. The lowest BCUT2D eigenvalue weighted by Gasteiger charge is -2.33. The second kappa shape index (κ2) is 6.97. The second-order valence-electron chi connectivity index (χ2n) is 4.12. The Hall–Kier alpha value is -0.780. The first-order valence-corrected chi connectivity index (χ1v) is 5.68. The van der Waals surface area contributed by atoms with E-state index in [-0.39, 0.29) is 18.0 Å². The standard InChI is InChI=1S/C12H15F3N2.ClH/c13-8-12(17-5-3-16-4-6-17)10-2-1-9(14)7-11(10)15;/h1-2,7,12,16H,3-6,8H2;1H/t12-;/m0./s1. The van der Waals surface area contributed by atoms with Gasteiger partial charge in [0.25, 0.3) is 0 Å². The lowest BCUT2D eigenvalue weighted by molar-refractivity contribution is 0.144. The molecule has 1 aliphatic heterocycles. The maximum Gasteiger partial charge on any atom is 0.130 e. The largest absolute Gasteiger partial charge is 0.314 e. The van der Waals surface area contributed by atoms with Crippen molar-refractivity contribution in [2.45, 2.75) is 6.04 Å². The summed E-state index contributed by atoms with van der Waals surface area (Å²) in [6, 6.07) is 2.69. The molecule has 2 rings (SSSR count). The van der Waals surface area contributed by atoms with E-state index in [9.17, 15) is 13.2 Å². The van der Waals surface area contributed by atoms with Crippen molar-refractivity contribution in [1.82, 2.24) is 10.2 Å². The molecular formula is C12H16ClF3N2. The fourth-order valence-electron chi connectivity index (χ4n) is 2.14. The van der Waals surface area contributed by atoms with Crippen molar-refractivity contribution in [2.75, 3.05) is 32.9 Å². The summed E-state index contributed by atoms with van der Waals surface area (Å²) >= 11 is 0. The molecule has 0 unspecified atom stereocenters. The zero-order valence-corrected chi connectivity index (χ0v) is 10.7. The molecule has 0 aromatic heterocycles. The van der Waals surface area contributed by atoms with Gasteiger partial charge in [-0.1, -0.05) is 6.07 Å². The van der Waals surface area contributed by atoms with Crippen LogP contribution in [0.5, 0.6) is 0 Å². The van der Waals surface area contributed by atoms with Crippen LogP contribution in [0.3, 0.4) is 0 Å². The summed E-state index contributed by atoms with van der Waals surface area (Å²) in [5.74, 6) is -1.31. The first kappa shape index (κ1) is 15.3. The van der Waals surface area contributed by atoms with E-state index in [0.717, 1.165) is 19.2 Å². The van der Waals surface area contributed by atoms with Crippen LogP contribution in [0.15, 0.2) is 18.2 Å². The van der Waals surface area contributed by atoms with Crippen molar-refractivity contribution in [3.63, 3.8) is 0 Å². The fraction of sp³-hybridized carbons (Fsp3) is 0.500. The highest BCUT2D eigenvalue weighted by Gasteiger charge is 2.24. The number of rotatable bonds is 3. The second-order valence-corrected chi connectivity index (χ2v) is 4.12. The van der Waals surface area contributed by atoms with Crippen LogP contribution < -0.4 is 5.32 Å². The van der Waals surface area contributed by atoms with Crippen molar-refractivity contribution in [2.24, 2.45) is 0 Å². The number of hydrogen-bond donors (Lipinski definition) is 1. The predicted octanol–water partition coefficient (Wildman–Crippen LogP) is 2.30. The topological polar surface area (TPSA) is 15.3 Å². The Morgan fingerprint density at radius 2 is 1.89 bits per heavy atom. The molecule has 0 bridgehead atoms. The van der Waals surface area contributed by atoms with Crippen molar-refractivity contribution < 1.29 is 13.2 Å². The highest BCUT2D eigenvalue weighted by atomic mass is 35.5. The summed E-state index contributed by atoms with van der Waals surface area (Å²) < 4.78 is 39.5. The Bertz CT molecular complexity index is 384. The van der Waals surface area contributed by atoms with Gasteiger partial charge in [0.1, 0.15) is 18.3 Å². The molecule has 6 heteroatoms. The van der Waals surface area contributed by atoms with E-state index in [1.165, 1.54) is 12.1 Å². The van der Waals surface area contributed by atoms with Crippen LogP contribution in [0.1, 0.15) is 11.6 Å². The minimum absolute atomic E-state index is 0. The van der Waals surface area contributed by atoms with Crippen LogP contribution in [0, 0.1) is 11.6 Å². The SMILES string of the molecule is Cl.FC[C@@H](c1ccc(F)cc1F)N1CCNCC1. The summed E-state index contributed by atoms with van der Waals surface area (Å²) in [7, 11) is 0. The Kier molecular flexibility index (Phi) is 5.91. The van der Waals surface area contributed by atoms with Gasteiger partial charge in [-0.3, -0.25) is 4.90 Å². The third-order valence-electron chi connectivity index (χ3n) is 3.06. The number of nitrogens with one attached hydrogen (secondary N) is 1. The summed E-state index contributed by atoms with van der Waals surface area (Å²) in [6.07, 6.45) is 0. The van der Waals surface area contributed by atoms with E-state index < -0.39 is 24.4 Å². The average molecular weight is 281 g/mol. The minimum Gasteiger partial charge on any atom is -0.314 e. The molecule has 1 atom stereocenters. The van der Waals surface area contributed by atoms with Gasteiger partial charge in [-0.15, -0.1) is 12.4 Å². The third-order valence-corrected chi connectivity index (χ3v) is 3.06. The van der Waals surface area contributed by atoms with Crippen molar-refractivity contribution in [3.05, 3.63) is 35.4 Å². The van der Waals surface area contributed by atoms with Crippen LogP contribution in [0.4, 0.5) is 13.2 Å². The molecule has 0 aliphatic carbocycles. The van der Waals surface area contributed by atoms with E-state index >= 15 is 0 Å². The molecule has 0 radical (unpaired) electrons. The highest BCUT2D eigenvalue weighted by Crippen LogP contribution is 2.24. The summed E-state index contributed by atoms with van der Waals surface area (Å²) in [5, 5.41) is 3.15. The number of nitrogens with zero attached hydrogens (tertiary/aromatic N) is 1. The van der Waals surface area contributed by atoms with Gasteiger partial charge in [-0.05, 0) is 6.07 Å². The van der Waals surface area contributed by atoms with Crippen LogP contribution >= 0.6 is 12.4 Å². The van der Waals surface area contributed by atoms with E-state index in [1.54, 1.807) is 0 Å². The van der Waals surface area contributed by atoms with Crippen molar-refractivity contribution >= 4 is 12.4 Å². The Morgan fingerprint density at radius 3 is 2.44 bits per heavy atom. The quantitative estimate of drug-likeness (QED) is 0.914. The first-order chi connectivity index (χ1) is 8.22. The minimum atomic E-state index is -0.675. The normalized spacial score (nSPS) is 18.2. The molecule has 1 N–H and O–H groups in total. The molecule has 0 saturated carbocycles. The molecule has 1 fully saturated rings. The molecule has 102 valence electrons. The van der Waals surface area contributed by atoms with Crippen LogP contribution in [0.25, 0.3) is 0 Å². The van der Waals surface area contributed by atoms with Crippen LogP contribution in [-0.4, -0.2) is 37.8 Å². The molecule has 1 aromatic carbocycles. The molecule has 1 heterocycles. The van der Waals surface area contributed by atoms with E-state index in [2.05, 4.69) is 5.32 Å². The Labute approximate surface area is 111 Å². The van der Waals surface area contributed by atoms with Crippen LogP contribution in [-0.2, 0) is 0 Å². The smallest absolute Gasteiger partial charge is 0.130 e. The number of alkyl halides is 1. The van der Waals surface area contributed by atoms with Gasteiger partial charge in [0.05, 0.1) is 6.04 Å².